The van der Waals surface area contributed by atoms with Gasteiger partial charge in [-0.15, -0.1) is 0 Å². The molecule has 0 aromatic heterocycles. The number of hydrazine groups is 1. The smallest absolute Gasteiger partial charge is 0.255 e. The number of nitrogens with one attached hydrogen (secondary N) is 1. The number of carbonyl (C=O) groups is 1. The van der Waals surface area contributed by atoms with Gasteiger partial charge in [0.1, 0.15) is 6.04 Å². The summed E-state index contributed by atoms with van der Waals surface area (Å²) >= 11 is 0. The van der Waals surface area contributed by atoms with Crippen molar-refractivity contribution in [3.63, 3.8) is 0 Å². The Hall–Kier alpha value is -2.17. The van der Waals surface area contributed by atoms with Crippen LogP contribution in [0.3, 0.4) is 0 Å². The molecule has 0 radical (unpaired) electrons. The second-order valence-electron chi connectivity index (χ2n) is 4.72. The van der Waals surface area contributed by atoms with E-state index in [1.807, 2.05) is 72.6 Å². The Kier molecular flexibility index (Phi) is 4.87. The fourth-order valence-corrected chi connectivity index (χ4v) is 2.28. The molecular weight excluding hydrogens is 250 g/mol. The lowest BCUT2D eigenvalue weighted by molar-refractivity contribution is -0.126. The third-order valence-electron chi connectivity index (χ3n) is 3.22. The van der Waals surface area contributed by atoms with E-state index < -0.39 is 6.04 Å². The highest BCUT2D eigenvalue weighted by Gasteiger charge is 2.24. The second-order valence-corrected chi connectivity index (χ2v) is 4.72. The van der Waals surface area contributed by atoms with Crippen LogP contribution in [0.4, 0.5) is 0 Å². The van der Waals surface area contributed by atoms with Gasteiger partial charge in [-0.25, -0.2) is 5.84 Å². The van der Waals surface area contributed by atoms with Gasteiger partial charge in [-0.2, -0.15) is 0 Å². The number of benzene rings is 2. The molecule has 0 saturated heterocycles. The minimum absolute atomic E-state index is 0.213. The number of likely N-dealkylation sites (N-methyl/N-ethyl adjacent to an activating group) is 1. The van der Waals surface area contributed by atoms with Crippen molar-refractivity contribution >= 4 is 5.91 Å². The van der Waals surface area contributed by atoms with Crippen LogP contribution in [0.2, 0.25) is 0 Å². The molecule has 0 fully saturated rings. The van der Waals surface area contributed by atoms with Gasteiger partial charge in [0.15, 0.2) is 0 Å². The molecule has 20 heavy (non-hydrogen) atoms. The van der Waals surface area contributed by atoms with Crippen molar-refractivity contribution in [3.05, 3.63) is 71.8 Å². The topological polar surface area (TPSA) is 58.4 Å². The Morgan fingerprint density at radius 2 is 1.65 bits per heavy atom. The van der Waals surface area contributed by atoms with Gasteiger partial charge in [0.05, 0.1) is 0 Å². The largest absolute Gasteiger partial charge is 0.293 e. The highest BCUT2D eigenvalue weighted by Crippen LogP contribution is 2.21. The number of hydrogen-bond acceptors (Lipinski definition) is 3. The molecule has 0 aliphatic carbocycles. The van der Waals surface area contributed by atoms with Gasteiger partial charge in [0.2, 0.25) is 0 Å². The Labute approximate surface area is 119 Å². The number of nitrogens with two attached hydrogens (primary N) is 1. The molecule has 0 bridgehead atoms. The maximum absolute atomic E-state index is 12.1. The van der Waals surface area contributed by atoms with Gasteiger partial charge in [-0.1, -0.05) is 60.7 Å². The summed E-state index contributed by atoms with van der Waals surface area (Å²) in [6.07, 6.45) is 0. The normalized spacial score (nSPS) is 12.2. The summed E-state index contributed by atoms with van der Waals surface area (Å²) < 4.78 is 0. The maximum Gasteiger partial charge on any atom is 0.255 e. The third-order valence-corrected chi connectivity index (χ3v) is 3.22. The van der Waals surface area contributed by atoms with E-state index in [-0.39, 0.29) is 5.91 Å². The van der Waals surface area contributed by atoms with E-state index in [0.29, 0.717) is 6.54 Å². The minimum Gasteiger partial charge on any atom is -0.293 e. The van der Waals surface area contributed by atoms with Crippen molar-refractivity contribution < 1.29 is 4.79 Å². The fraction of sp³-hybridized carbons (Fsp3) is 0.188. The van der Waals surface area contributed by atoms with Crippen molar-refractivity contribution in [1.29, 1.82) is 0 Å². The summed E-state index contributed by atoms with van der Waals surface area (Å²) in [5.74, 6) is 5.10. The minimum atomic E-state index is -0.401. The lowest BCUT2D eigenvalue weighted by atomic mass is 10.0. The Balaban J connectivity index is 2.21. The lowest BCUT2D eigenvalue weighted by Gasteiger charge is -2.27. The standard InChI is InChI=1S/C16H19N3O/c1-19(12-13-8-4-2-5-9-13)15(16(20)18-17)14-10-6-3-7-11-14/h2-11,15H,12,17H2,1H3,(H,18,20). The predicted molar refractivity (Wildman–Crippen MR) is 79.4 cm³/mol. The molecular formula is C16H19N3O. The summed E-state index contributed by atoms with van der Waals surface area (Å²) in [6, 6.07) is 19.3. The summed E-state index contributed by atoms with van der Waals surface area (Å²) in [4.78, 5) is 14.0. The molecule has 104 valence electrons. The Morgan fingerprint density at radius 3 is 2.20 bits per heavy atom. The van der Waals surface area contributed by atoms with Crippen LogP contribution in [0.25, 0.3) is 0 Å². The number of hydrogen-bond donors (Lipinski definition) is 2. The highest BCUT2D eigenvalue weighted by molar-refractivity contribution is 5.82. The summed E-state index contributed by atoms with van der Waals surface area (Å²) in [7, 11) is 1.92. The second kappa shape index (κ2) is 6.84. The van der Waals surface area contributed by atoms with Crippen LogP contribution in [0.1, 0.15) is 17.2 Å². The zero-order chi connectivity index (χ0) is 14.4. The monoisotopic (exact) mass is 269 g/mol. The zero-order valence-electron chi connectivity index (χ0n) is 11.5. The Morgan fingerprint density at radius 1 is 1.10 bits per heavy atom. The van der Waals surface area contributed by atoms with Gasteiger partial charge in [0, 0.05) is 6.54 Å². The molecule has 2 aromatic carbocycles. The average Bonchev–Trinajstić information content (AvgIpc) is 2.49. The van der Waals surface area contributed by atoms with Gasteiger partial charge in [-0.05, 0) is 18.2 Å². The van der Waals surface area contributed by atoms with Crippen LogP contribution in [0, 0.1) is 0 Å². The van der Waals surface area contributed by atoms with E-state index in [1.54, 1.807) is 0 Å². The van der Waals surface area contributed by atoms with Crippen LogP contribution >= 0.6 is 0 Å². The van der Waals surface area contributed by atoms with Crippen molar-refractivity contribution in [3.8, 4) is 0 Å². The first-order valence-electron chi connectivity index (χ1n) is 6.52. The first-order valence-corrected chi connectivity index (χ1v) is 6.52. The fourth-order valence-electron chi connectivity index (χ4n) is 2.28. The molecule has 0 aliphatic rings. The molecule has 0 spiro atoms. The van der Waals surface area contributed by atoms with E-state index in [2.05, 4.69) is 5.43 Å². The molecule has 4 nitrogen and oxygen atoms in total. The third kappa shape index (κ3) is 3.44. The number of carbonyl (C=O) groups excluding carboxylic acids is 1. The van der Waals surface area contributed by atoms with Crippen molar-refractivity contribution in [2.24, 2.45) is 5.84 Å². The first kappa shape index (κ1) is 14.2. The van der Waals surface area contributed by atoms with Crippen molar-refractivity contribution in [1.82, 2.24) is 10.3 Å². The number of amides is 1. The molecule has 0 saturated carbocycles. The molecule has 1 unspecified atom stereocenters. The van der Waals surface area contributed by atoms with Gasteiger partial charge in [0.25, 0.3) is 5.91 Å². The van der Waals surface area contributed by atoms with E-state index in [0.717, 1.165) is 11.1 Å². The van der Waals surface area contributed by atoms with Crippen LogP contribution in [0.5, 0.6) is 0 Å². The molecule has 4 heteroatoms. The van der Waals surface area contributed by atoms with E-state index in [9.17, 15) is 4.79 Å². The van der Waals surface area contributed by atoms with Crippen molar-refractivity contribution in [2.45, 2.75) is 12.6 Å². The van der Waals surface area contributed by atoms with E-state index in [4.69, 9.17) is 5.84 Å². The quantitative estimate of drug-likeness (QED) is 0.495. The van der Waals surface area contributed by atoms with Gasteiger partial charge >= 0.3 is 0 Å². The molecule has 3 N–H and O–H groups in total. The van der Waals surface area contributed by atoms with Crippen LogP contribution in [-0.4, -0.2) is 17.9 Å². The molecule has 2 rings (SSSR count). The van der Waals surface area contributed by atoms with Crippen molar-refractivity contribution in [2.75, 3.05) is 7.05 Å². The average molecular weight is 269 g/mol. The van der Waals surface area contributed by atoms with Crippen LogP contribution in [-0.2, 0) is 11.3 Å². The SMILES string of the molecule is CN(Cc1ccccc1)C(C(=O)NN)c1ccccc1. The lowest BCUT2D eigenvalue weighted by Crippen LogP contribution is -2.41. The number of nitrogens with zero attached hydrogens (tertiary/aromatic N) is 1. The molecule has 1 atom stereocenters. The molecule has 0 heterocycles. The first-order chi connectivity index (χ1) is 9.72. The van der Waals surface area contributed by atoms with Crippen LogP contribution in [0.15, 0.2) is 60.7 Å². The van der Waals surface area contributed by atoms with E-state index in [1.165, 1.54) is 0 Å². The van der Waals surface area contributed by atoms with Crippen LogP contribution < -0.4 is 11.3 Å². The van der Waals surface area contributed by atoms with E-state index >= 15 is 0 Å². The summed E-state index contributed by atoms with van der Waals surface area (Å²) in [5.41, 5.74) is 4.33. The summed E-state index contributed by atoms with van der Waals surface area (Å²) in [5, 5.41) is 0. The summed E-state index contributed by atoms with van der Waals surface area (Å²) in [6.45, 7) is 0.674. The molecule has 2 aromatic rings. The van der Waals surface area contributed by atoms with Gasteiger partial charge < -0.3 is 0 Å². The maximum atomic E-state index is 12.1. The molecule has 0 aliphatic heterocycles. The Bertz CT molecular complexity index is 542. The van der Waals surface area contributed by atoms with Gasteiger partial charge in [-0.3, -0.25) is 15.1 Å². The predicted octanol–water partition coefficient (Wildman–Crippen LogP) is 1.85. The highest BCUT2D eigenvalue weighted by atomic mass is 16.2. The molecule has 1 amide bonds. The number of rotatable bonds is 5. The zero-order valence-corrected chi connectivity index (χ0v) is 11.5.